The predicted octanol–water partition coefficient (Wildman–Crippen LogP) is 7.28. The maximum atomic E-state index is 13.6. The minimum absolute atomic E-state index is 0. The molecular formula is C31H41Cl2N3O2S3. The van der Waals surface area contributed by atoms with Crippen LogP contribution in [0, 0.1) is 11.8 Å². The van der Waals surface area contributed by atoms with Crippen molar-refractivity contribution < 1.29 is 9.53 Å². The maximum absolute atomic E-state index is 13.6. The van der Waals surface area contributed by atoms with Gasteiger partial charge in [0.1, 0.15) is 10.1 Å². The molecule has 3 heterocycles. The minimum Gasteiger partial charge on any atom is -0.497 e. The molecule has 3 atom stereocenters. The summed E-state index contributed by atoms with van der Waals surface area (Å²) in [5, 5.41) is 3.44. The van der Waals surface area contributed by atoms with Crippen molar-refractivity contribution in [3.63, 3.8) is 0 Å². The number of fused-ring (bicyclic) bond motifs is 2. The van der Waals surface area contributed by atoms with Crippen LogP contribution >= 0.6 is 60.1 Å². The minimum atomic E-state index is 0. The van der Waals surface area contributed by atoms with Crippen LogP contribution < -0.4 is 10.1 Å². The third-order valence-corrected chi connectivity index (χ3v) is 11.4. The van der Waals surface area contributed by atoms with E-state index in [-0.39, 0.29) is 30.7 Å². The summed E-state index contributed by atoms with van der Waals surface area (Å²) >= 11 is 9.05. The van der Waals surface area contributed by atoms with Gasteiger partial charge in [-0.25, -0.2) is 0 Å². The summed E-state index contributed by atoms with van der Waals surface area (Å²) in [6, 6.07) is 10.9. The fraction of sp³-hybridized carbons (Fsp3) is 0.548. The zero-order chi connectivity index (χ0) is 26.8. The number of carbonyl (C=O) groups excluding carboxylic acids is 1. The van der Waals surface area contributed by atoms with E-state index < -0.39 is 0 Å². The number of hydrogen-bond acceptors (Lipinski definition) is 7. The van der Waals surface area contributed by atoms with E-state index in [4.69, 9.17) is 17.0 Å². The maximum Gasteiger partial charge on any atom is 0.266 e. The van der Waals surface area contributed by atoms with Gasteiger partial charge in [0.15, 0.2) is 0 Å². The standard InChI is InChI=1S/C31H39N3O2S3.2ClH/c1-36-25-8-5-7-23(18-25)27-19-24(6-3-2-4-13-33-14-11-32-12-15-33)28(38-27)20-29-30(35)34(31(37)39-29)26-17-21-9-10-22(26)16-21;;/h5,7-8,18-22,26,32H,2-4,6,9-17H2,1H3;2*1H. The van der Waals surface area contributed by atoms with Crippen molar-refractivity contribution in [1.29, 1.82) is 0 Å². The lowest BCUT2D eigenvalue weighted by molar-refractivity contribution is -0.124. The summed E-state index contributed by atoms with van der Waals surface area (Å²) in [6.07, 6.45) is 11.8. The summed E-state index contributed by atoms with van der Waals surface area (Å²) in [5.41, 5.74) is 2.50. The molecule has 41 heavy (non-hydrogen) atoms. The lowest BCUT2D eigenvalue weighted by atomic mass is 9.94. The van der Waals surface area contributed by atoms with Crippen LogP contribution in [0.4, 0.5) is 0 Å². The molecule has 0 spiro atoms. The van der Waals surface area contributed by atoms with Gasteiger partial charge >= 0.3 is 0 Å². The monoisotopic (exact) mass is 653 g/mol. The lowest BCUT2D eigenvalue weighted by Gasteiger charge is -2.30. The highest BCUT2D eigenvalue weighted by molar-refractivity contribution is 8.26. The number of hydrogen-bond donors (Lipinski definition) is 1. The van der Waals surface area contributed by atoms with E-state index in [1.54, 1.807) is 18.4 Å². The van der Waals surface area contributed by atoms with Gasteiger partial charge in [0.05, 0.1) is 12.0 Å². The zero-order valence-corrected chi connectivity index (χ0v) is 27.7. The number of carbonyl (C=O) groups is 1. The number of rotatable bonds is 10. The number of methoxy groups -OCH3 is 1. The van der Waals surface area contributed by atoms with Gasteiger partial charge in [0.25, 0.3) is 5.91 Å². The Bertz CT molecular complexity index is 1250. The Balaban J connectivity index is 0.00000194. The van der Waals surface area contributed by atoms with E-state index >= 15 is 0 Å². The first-order valence-corrected chi connectivity index (χ1v) is 16.6. The summed E-state index contributed by atoms with van der Waals surface area (Å²) in [7, 11) is 1.71. The summed E-state index contributed by atoms with van der Waals surface area (Å²) in [4.78, 5) is 21.4. The fourth-order valence-electron chi connectivity index (χ4n) is 6.85. The van der Waals surface area contributed by atoms with Crippen LogP contribution in [-0.2, 0) is 11.2 Å². The fourth-order valence-corrected chi connectivity index (χ4v) is 9.43. The summed E-state index contributed by atoms with van der Waals surface area (Å²) in [5.74, 6) is 2.41. The van der Waals surface area contributed by atoms with Crippen LogP contribution in [0.5, 0.6) is 5.75 Å². The molecule has 0 radical (unpaired) electrons. The van der Waals surface area contributed by atoms with Crippen LogP contribution in [-0.4, -0.2) is 65.9 Å². The number of nitrogens with one attached hydrogen (secondary N) is 1. The molecule has 1 aromatic carbocycles. The van der Waals surface area contributed by atoms with E-state index in [0.717, 1.165) is 58.8 Å². The smallest absolute Gasteiger partial charge is 0.266 e. The largest absolute Gasteiger partial charge is 0.497 e. The molecule has 3 unspecified atom stereocenters. The molecule has 5 nitrogen and oxygen atoms in total. The van der Waals surface area contributed by atoms with Gasteiger partial charge in [0, 0.05) is 42.0 Å². The number of nitrogens with zero attached hydrogens (tertiary/aromatic N) is 2. The quantitative estimate of drug-likeness (QED) is 0.165. The van der Waals surface area contributed by atoms with Crippen molar-refractivity contribution in [2.45, 2.75) is 57.4 Å². The average molecular weight is 655 g/mol. The third kappa shape index (κ3) is 7.51. The highest BCUT2D eigenvalue weighted by Crippen LogP contribution is 2.49. The Kier molecular flexibility index (Phi) is 12.0. The molecule has 2 aliphatic carbocycles. The molecular weight excluding hydrogens is 613 g/mol. The predicted molar refractivity (Wildman–Crippen MR) is 182 cm³/mol. The second-order valence-electron chi connectivity index (χ2n) is 11.4. The van der Waals surface area contributed by atoms with E-state index in [0.29, 0.717) is 12.0 Å². The van der Waals surface area contributed by atoms with Crippen molar-refractivity contribution in [3.05, 3.63) is 45.7 Å². The molecule has 2 bridgehead atoms. The van der Waals surface area contributed by atoms with Crippen LogP contribution in [0.3, 0.4) is 0 Å². The van der Waals surface area contributed by atoms with Gasteiger partial charge in [-0.2, -0.15) is 0 Å². The van der Waals surface area contributed by atoms with Crippen molar-refractivity contribution >= 4 is 76.4 Å². The van der Waals surface area contributed by atoms with Crippen LogP contribution in [0.15, 0.2) is 35.2 Å². The molecule has 1 aromatic heterocycles. The number of benzene rings is 1. The second-order valence-corrected chi connectivity index (χ2v) is 14.2. The van der Waals surface area contributed by atoms with Crippen LogP contribution in [0.1, 0.15) is 55.4 Å². The molecule has 1 N–H and O–H groups in total. The number of thiocarbonyl (C=S) groups is 1. The first-order chi connectivity index (χ1) is 19.1. The molecule has 6 rings (SSSR count). The van der Waals surface area contributed by atoms with E-state index in [1.807, 2.05) is 17.0 Å². The van der Waals surface area contributed by atoms with Crippen LogP contribution in [0.25, 0.3) is 16.5 Å². The first-order valence-electron chi connectivity index (χ1n) is 14.6. The first kappa shape index (κ1) is 32.8. The summed E-state index contributed by atoms with van der Waals surface area (Å²) < 4.78 is 6.24. The average Bonchev–Trinajstić information content (AvgIpc) is 3.74. The van der Waals surface area contributed by atoms with E-state index in [1.165, 1.54) is 78.8 Å². The molecule has 4 fully saturated rings. The number of unbranched alkanes of at least 4 members (excludes halogenated alkanes) is 2. The highest BCUT2D eigenvalue weighted by atomic mass is 35.5. The van der Waals surface area contributed by atoms with Gasteiger partial charge in [-0.3, -0.25) is 9.69 Å². The SMILES string of the molecule is COc1cccc(-c2cc(CCCCCN3CCNCC3)c(C=C3SC(=S)N(C4CC5CCC4C5)C3=O)s2)c1.Cl.Cl. The Morgan fingerprint density at radius 1 is 1.10 bits per heavy atom. The zero-order valence-electron chi connectivity index (χ0n) is 23.6. The molecule has 4 aliphatic rings. The van der Waals surface area contributed by atoms with Gasteiger partial charge in [-0.15, -0.1) is 36.2 Å². The number of amides is 1. The molecule has 2 aliphatic heterocycles. The van der Waals surface area contributed by atoms with Crippen LogP contribution in [0.2, 0.25) is 0 Å². The third-order valence-electron chi connectivity index (χ3n) is 8.94. The van der Waals surface area contributed by atoms with E-state index in [9.17, 15) is 4.79 Å². The van der Waals surface area contributed by atoms with Crippen molar-refractivity contribution in [2.24, 2.45) is 11.8 Å². The Morgan fingerprint density at radius 3 is 2.66 bits per heavy atom. The number of piperazine rings is 1. The Morgan fingerprint density at radius 2 is 1.93 bits per heavy atom. The number of halogens is 2. The highest BCUT2D eigenvalue weighted by Gasteiger charge is 2.48. The van der Waals surface area contributed by atoms with Gasteiger partial charge < -0.3 is 15.0 Å². The number of aryl methyl sites for hydroxylation is 1. The Labute approximate surface area is 270 Å². The Hall–Kier alpha value is -1.13. The topological polar surface area (TPSA) is 44.8 Å². The molecule has 2 saturated carbocycles. The molecule has 2 aromatic rings. The van der Waals surface area contributed by atoms with E-state index in [2.05, 4.69) is 34.5 Å². The van der Waals surface area contributed by atoms with Crippen molar-refractivity contribution in [1.82, 2.24) is 15.1 Å². The van der Waals surface area contributed by atoms with Crippen molar-refractivity contribution in [3.8, 4) is 16.2 Å². The number of thiophene rings is 1. The normalized spacial score (nSPS) is 25.0. The second kappa shape index (κ2) is 15.0. The number of thioether (sulfide) groups is 1. The van der Waals surface area contributed by atoms with Crippen molar-refractivity contribution in [2.75, 3.05) is 39.8 Å². The lowest BCUT2D eigenvalue weighted by Crippen LogP contribution is -2.43. The van der Waals surface area contributed by atoms with Gasteiger partial charge in [-0.05, 0) is 92.3 Å². The molecule has 10 heteroatoms. The molecule has 1 amide bonds. The van der Waals surface area contributed by atoms with Gasteiger partial charge in [0.2, 0.25) is 0 Å². The van der Waals surface area contributed by atoms with Gasteiger partial charge in [-0.1, -0.05) is 49.0 Å². The summed E-state index contributed by atoms with van der Waals surface area (Å²) in [6.45, 7) is 5.75. The molecule has 2 saturated heterocycles. The number of ether oxygens (including phenoxy) is 1. The molecule has 224 valence electrons.